The fraction of sp³-hybridized carbons (Fsp3) is 0.727. The molecule has 0 aromatic carbocycles. The molecule has 0 spiro atoms. The van der Waals surface area contributed by atoms with Gasteiger partial charge in [-0.15, -0.1) is 0 Å². The van der Waals surface area contributed by atoms with Gasteiger partial charge in [-0.1, -0.05) is 19.1 Å². The maximum Gasteiger partial charge on any atom is 0.137 e. The van der Waals surface area contributed by atoms with E-state index in [0.29, 0.717) is 29.5 Å². The number of fused-ring (bicyclic) bond motifs is 5. The second kappa shape index (κ2) is 2.01. The minimum absolute atomic E-state index is 0.426. The third kappa shape index (κ3) is 0.634. The van der Waals surface area contributed by atoms with Crippen molar-refractivity contribution in [1.82, 2.24) is 0 Å². The Hall–Kier alpha value is -0.590. The number of hydrogen-bond donors (Lipinski definition) is 0. The molecule has 0 heterocycles. The second-order valence-corrected chi connectivity index (χ2v) is 4.70. The smallest absolute Gasteiger partial charge is 0.137 e. The molecule has 64 valence electrons. The van der Waals surface area contributed by atoms with Crippen LogP contribution < -0.4 is 0 Å². The van der Waals surface area contributed by atoms with Gasteiger partial charge < -0.3 is 0 Å². The summed E-state index contributed by atoms with van der Waals surface area (Å²) in [6, 6.07) is 0. The highest BCUT2D eigenvalue weighted by molar-refractivity contribution is 5.85. The summed E-state index contributed by atoms with van der Waals surface area (Å²) in [5, 5.41) is 0. The van der Waals surface area contributed by atoms with Gasteiger partial charge in [-0.05, 0) is 30.1 Å². The van der Waals surface area contributed by atoms with Crippen molar-refractivity contribution in [2.24, 2.45) is 29.6 Å². The van der Waals surface area contributed by atoms with Crippen molar-refractivity contribution < 1.29 is 4.79 Å². The maximum atomic E-state index is 11.6. The Bertz CT molecular complexity index is 266. The van der Waals surface area contributed by atoms with Gasteiger partial charge in [0.05, 0.1) is 0 Å². The summed E-state index contributed by atoms with van der Waals surface area (Å²) in [5.74, 6) is 3.72. The van der Waals surface area contributed by atoms with E-state index in [4.69, 9.17) is 0 Å². The SMILES string of the molecule is C[C@@H]1CC(=O)C2C1[C@@H]1C=C[C@H]2C1. The van der Waals surface area contributed by atoms with E-state index >= 15 is 0 Å². The molecule has 0 amide bonds. The molecule has 0 aromatic rings. The van der Waals surface area contributed by atoms with Gasteiger partial charge in [-0.3, -0.25) is 4.79 Å². The van der Waals surface area contributed by atoms with Crippen molar-refractivity contribution in [2.45, 2.75) is 19.8 Å². The Labute approximate surface area is 72.8 Å². The molecule has 3 rings (SSSR count). The van der Waals surface area contributed by atoms with Crippen LogP contribution in [0.3, 0.4) is 0 Å². The largest absolute Gasteiger partial charge is 0.299 e. The summed E-state index contributed by atoms with van der Waals surface area (Å²) in [6.07, 6.45) is 6.75. The Kier molecular flexibility index (Phi) is 1.15. The molecule has 5 atom stereocenters. The lowest BCUT2D eigenvalue weighted by atomic mass is 9.82. The first-order valence-electron chi connectivity index (χ1n) is 4.98. The van der Waals surface area contributed by atoms with Crippen molar-refractivity contribution in [1.29, 1.82) is 0 Å². The number of carbonyl (C=O) groups excluding carboxylic acids is 1. The Morgan fingerprint density at radius 1 is 1.33 bits per heavy atom. The molecule has 2 bridgehead atoms. The fourth-order valence-corrected chi connectivity index (χ4v) is 3.68. The molecule has 2 fully saturated rings. The molecule has 0 aromatic heterocycles. The average molecular weight is 162 g/mol. The highest BCUT2D eigenvalue weighted by Crippen LogP contribution is 2.55. The van der Waals surface area contributed by atoms with Gasteiger partial charge >= 0.3 is 0 Å². The summed E-state index contributed by atoms with van der Waals surface area (Å²) in [6.45, 7) is 2.25. The van der Waals surface area contributed by atoms with Gasteiger partial charge in [-0.25, -0.2) is 0 Å². The molecule has 0 saturated heterocycles. The summed E-state index contributed by atoms with van der Waals surface area (Å²) >= 11 is 0. The molecule has 0 aliphatic heterocycles. The number of rotatable bonds is 0. The lowest BCUT2D eigenvalue weighted by Gasteiger charge is -2.21. The normalized spacial score (nSPS) is 55.1. The van der Waals surface area contributed by atoms with Crippen molar-refractivity contribution in [3.63, 3.8) is 0 Å². The predicted molar refractivity (Wildman–Crippen MR) is 46.5 cm³/mol. The van der Waals surface area contributed by atoms with Gasteiger partial charge in [0.1, 0.15) is 5.78 Å². The Morgan fingerprint density at radius 2 is 2.08 bits per heavy atom. The summed E-state index contributed by atoms with van der Waals surface area (Å²) in [5.41, 5.74) is 0. The highest BCUT2D eigenvalue weighted by atomic mass is 16.1. The Balaban J connectivity index is 2.03. The van der Waals surface area contributed by atoms with Crippen LogP contribution >= 0.6 is 0 Å². The minimum atomic E-state index is 0.426. The van der Waals surface area contributed by atoms with E-state index in [9.17, 15) is 4.79 Å². The highest BCUT2D eigenvalue weighted by Gasteiger charge is 2.53. The maximum absolute atomic E-state index is 11.6. The van der Waals surface area contributed by atoms with Gasteiger partial charge in [-0.2, -0.15) is 0 Å². The van der Waals surface area contributed by atoms with Crippen LogP contribution in [-0.2, 0) is 4.79 Å². The van der Waals surface area contributed by atoms with Crippen LogP contribution in [0, 0.1) is 29.6 Å². The molecule has 3 aliphatic rings. The summed E-state index contributed by atoms with van der Waals surface area (Å²) in [4.78, 5) is 11.6. The Morgan fingerprint density at radius 3 is 2.83 bits per heavy atom. The van der Waals surface area contributed by atoms with E-state index in [1.807, 2.05) is 0 Å². The van der Waals surface area contributed by atoms with E-state index in [-0.39, 0.29) is 0 Å². The molecular weight excluding hydrogens is 148 g/mol. The van der Waals surface area contributed by atoms with Crippen LogP contribution in [0.1, 0.15) is 19.8 Å². The zero-order chi connectivity index (χ0) is 8.29. The van der Waals surface area contributed by atoms with E-state index < -0.39 is 0 Å². The standard InChI is InChI=1S/C11H14O/c1-6-4-9(12)11-8-3-2-7(5-8)10(6)11/h2-3,6-8,10-11H,4-5H2,1H3/t6-,7-,8+,10?,11?/m1/s1. The van der Waals surface area contributed by atoms with E-state index in [0.717, 1.165) is 12.3 Å². The lowest BCUT2D eigenvalue weighted by Crippen LogP contribution is -2.20. The monoisotopic (exact) mass is 162 g/mol. The molecule has 3 aliphatic carbocycles. The van der Waals surface area contributed by atoms with E-state index in [1.165, 1.54) is 6.42 Å². The third-order valence-electron chi connectivity index (χ3n) is 4.07. The van der Waals surface area contributed by atoms with Crippen LogP contribution in [0.5, 0.6) is 0 Å². The second-order valence-electron chi connectivity index (χ2n) is 4.70. The molecule has 1 nitrogen and oxygen atoms in total. The first-order valence-corrected chi connectivity index (χ1v) is 4.98. The lowest BCUT2D eigenvalue weighted by molar-refractivity contribution is -0.121. The number of allylic oxidation sites excluding steroid dienone is 2. The van der Waals surface area contributed by atoms with Crippen LogP contribution in [0.4, 0.5) is 0 Å². The quantitative estimate of drug-likeness (QED) is 0.498. The van der Waals surface area contributed by atoms with Crippen LogP contribution in [0.2, 0.25) is 0 Å². The van der Waals surface area contributed by atoms with Crippen molar-refractivity contribution in [3.8, 4) is 0 Å². The number of carbonyl (C=O) groups is 1. The molecule has 2 unspecified atom stereocenters. The first-order chi connectivity index (χ1) is 5.77. The average Bonchev–Trinajstić information content (AvgIpc) is 2.64. The molecule has 0 radical (unpaired) electrons. The summed E-state index contributed by atoms with van der Waals surface area (Å²) in [7, 11) is 0. The zero-order valence-corrected chi connectivity index (χ0v) is 7.36. The topological polar surface area (TPSA) is 17.1 Å². The van der Waals surface area contributed by atoms with Gasteiger partial charge in [0, 0.05) is 12.3 Å². The van der Waals surface area contributed by atoms with Crippen LogP contribution in [0.25, 0.3) is 0 Å². The van der Waals surface area contributed by atoms with Crippen LogP contribution in [-0.4, -0.2) is 5.78 Å². The first kappa shape index (κ1) is 6.88. The predicted octanol–water partition coefficient (Wildman–Crippen LogP) is 2.03. The van der Waals surface area contributed by atoms with Gasteiger partial charge in [0.25, 0.3) is 0 Å². The fourth-order valence-electron chi connectivity index (χ4n) is 3.68. The number of Topliss-reactive ketones (excluding diaryl/α,β-unsaturated/α-hetero) is 1. The summed E-state index contributed by atoms with van der Waals surface area (Å²) < 4.78 is 0. The van der Waals surface area contributed by atoms with E-state index in [2.05, 4.69) is 19.1 Å². The molecule has 0 N–H and O–H groups in total. The molecule has 12 heavy (non-hydrogen) atoms. The zero-order valence-electron chi connectivity index (χ0n) is 7.36. The molecular formula is C11H14O. The van der Waals surface area contributed by atoms with Gasteiger partial charge in [0.2, 0.25) is 0 Å². The van der Waals surface area contributed by atoms with Crippen molar-refractivity contribution in [3.05, 3.63) is 12.2 Å². The van der Waals surface area contributed by atoms with Crippen molar-refractivity contribution >= 4 is 5.78 Å². The number of ketones is 1. The minimum Gasteiger partial charge on any atom is -0.299 e. The molecule has 2 saturated carbocycles. The van der Waals surface area contributed by atoms with Gasteiger partial charge in [0.15, 0.2) is 0 Å². The third-order valence-corrected chi connectivity index (χ3v) is 4.07. The van der Waals surface area contributed by atoms with Crippen molar-refractivity contribution in [2.75, 3.05) is 0 Å². The van der Waals surface area contributed by atoms with E-state index in [1.54, 1.807) is 0 Å². The number of hydrogen-bond acceptors (Lipinski definition) is 1. The van der Waals surface area contributed by atoms with Crippen LogP contribution in [0.15, 0.2) is 12.2 Å². The molecule has 1 heteroatoms.